The highest BCUT2D eigenvalue weighted by Gasteiger charge is 2.23. The molecule has 0 saturated carbocycles. The van der Waals surface area contributed by atoms with Crippen LogP contribution in [0.1, 0.15) is 33.7 Å². The van der Waals surface area contributed by atoms with Crippen LogP contribution < -0.4 is 4.74 Å². The molecule has 43 heavy (non-hydrogen) atoms. The molecular formula is C31H22F3N5O4. The van der Waals surface area contributed by atoms with Gasteiger partial charge in [0.2, 0.25) is 5.82 Å². The van der Waals surface area contributed by atoms with E-state index in [9.17, 15) is 18.7 Å². The van der Waals surface area contributed by atoms with Crippen molar-refractivity contribution in [1.82, 2.24) is 19.5 Å². The summed E-state index contributed by atoms with van der Waals surface area (Å²) in [5.74, 6) is -3.06. The number of imidazole rings is 1. The highest BCUT2D eigenvalue weighted by molar-refractivity contribution is 5.92. The van der Waals surface area contributed by atoms with E-state index < -0.39 is 29.3 Å². The van der Waals surface area contributed by atoms with Crippen LogP contribution in [-0.4, -0.2) is 43.3 Å². The van der Waals surface area contributed by atoms with Crippen molar-refractivity contribution in [3.8, 4) is 17.3 Å². The number of fused-ring (bicyclic) bond motifs is 1. The molecule has 12 heteroatoms. The third-order valence-corrected chi connectivity index (χ3v) is 7.16. The molecule has 1 fully saturated rings. The zero-order valence-corrected chi connectivity index (χ0v) is 22.4. The first-order valence-corrected chi connectivity index (χ1v) is 13.2. The number of aromatic carboxylic acids is 1. The first kappa shape index (κ1) is 27.9. The minimum absolute atomic E-state index is 0.00115. The zero-order valence-electron chi connectivity index (χ0n) is 22.4. The van der Waals surface area contributed by atoms with Crippen molar-refractivity contribution in [3.63, 3.8) is 0 Å². The molecule has 0 radical (unpaired) electrons. The average Bonchev–Trinajstić information content (AvgIpc) is 3.31. The second kappa shape index (κ2) is 11.5. The van der Waals surface area contributed by atoms with Gasteiger partial charge < -0.3 is 19.1 Å². The fourth-order valence-corrected chi connectivity index (χ4v) is 4.74. The van der Waals surface area contributed by atoms with Gasteiger partial charge in [0, 0.05) is 24.2 Å². The van der Waals surface area contributed by atoms with Gasteiger partial charge in [0.05, 0.1) is 42.0 Å². The molecule has 1 aliphatic heterocycles. The summed E-state index contributed by atoms with van der Waals surface area (Å²) in [7, 11) is 0. The Morgan fingerprint density at radius 2 is 1.84 bits per heavy atom. The van der Waals surface area contributed by atoms with E-state index in [0.717, 1.165) is 18.7 Å². The number of carboxylic acids is 1. The minimum Gasteiger partial charge on any atom is -0.478 e. The van der Waals surface area contributed by atoms with Crippen molar-refractivity contribution < 1.29 is 32.5 Å². The molecule has 216 valence electrons. The molecule has 0 amide bonds. The Balaban J connectivity index is 1.25. The lowest BCUT2D eigenvalue weighted by atomic mass is 10.1. The smallest absolute Gasteiger partial charge is 0.335 e. The average molecular weight is 586 g/mol. The number of ether oxygens (including phenoxy) is 2. The van der Waals surface area contributed by atoms with Gasteiger partial charge in [-0.3, -0.25) is 0 Å². The Bertz CT molecular complexity index is 1920. The van der Waals surface area contributed by atoms with Crippen molar-refractivity contribution >= 4 is 22.7 Å². The zero-order chi connectivity index (χ0) is 30.1. The molecule has 9 nitrogen and oxygen atoms in total. The van der Waals surface area contributed by atoms with Crippen LogP contribution in [0.5, 0.6) is 5.88 Å². The highest BCUT2D eigenvalue weighted by atomic mass is 19.1. The van der Waals surface area contributed by atoms with Crippen LogP contribution in [0.25, 0.3) is 27.3 Å². The Hall–Kier alpha value is -5.28. The second-order valence-electron chi connectivity index (χ2n) is 9.93. The fourth-order valence-electron chi connectivity index (χ4n) is 4.74. The highest BCUT2D eigenvalue weighted by Crippen LogP contribution is 2.27. The summed E-state index contributed by atoms with van der Waals surface area (Å²) >= 11 is 0. The van der Waals surface area contributed by atoms with E-state index >= 15 is 4.39 Å². The van der Waals surface area contributed by atoms with Crippen LogP contribution in [0.2, 0.25) is 0 Å². The van der Waals surface area contributed by atoms with Crippen molar-refractivity contribution in [2.24, 2.45) is 0 Å². The largest absolute Gasteiger partial charge is 0.478 e. The van der Waals surface area contributed by atoms with E-state index in [1.54, 1.807) is 24.3 Å². The number of hydrogen-bond acceptors (Lipinski definition) is 6. The molecular weight excluding hydrogens is 563 g/mol. The lowest BCUT2D eigenvalue weighted by Gasteiger charge is -2.27. The van der Waals surface area contributed by atoms with Crippen LogP contribution in [0.3, 0.4) is 0 Å². The standard InChI is InChI=1S/C31H22F3N5O4/c1-35-21-6-4-20(24(33)13-21)16-43-30-25(34)14-36-29(38-30)18-3-2-17(23(32)10-18)12-28-37-26-7-5-19(31(40)41)11-27(26)39(28)15-22-8-9-42-22/h2-7,10-11,13-14,22H,8-9,12,15-16H2,(H,40,41)/t22-/m0/s1. The quantitative estimate of drug-likeness (QED) is 0.208. The Labute approximate surface area is 243 Å². The lowest BCUT2D eigenvalue weighted by Crippen LogP contribution is -2.31. The summed E-state index contributed by atoms with van der Waals surface area (Å²) in [5.41, 5.74) is 2.15. The number of rotatable bonds is 9. The Morgan fingerprint density at radius 1 is 1.05 bits per heavy atom. The van der Waals surface area contributed by atoms with Crippen LogP contribution in [0.15, 0.2) is 60.8 Å². The number of aromatic nitrogens is 4. The summed E-state index contributed by atoms with van der Waals surface area (Å²) in [6, 6.07) is 12.9. The van der Waals surface area contributed by atoms with Gasteiger partial charge in [-0.1, -0.05) is 24.3 Å². The van der Waals surface area contributed by atoms with E-state index in [4.69, 9.17) is 16.0 Å². The van der Waals surface area contributed by atoms with Gasteiger partial charge in [0.1, 0.15) is 24.1 Å². The maximum absolute atomic E-state index is 15.4. The van der Waals surface area contributed by atoms with Gasteiger partial charge in [0.25, 0.3) is 5.88 Å². The van der Waals surface area contributed by atoms with Crippen LogP contribution >= 0.6 is 0 Å². The molecule has 1 N–H and O–H groups in total. The normalized spacial score (nSPS) is 14.3. The predicted molar refractivity (Wildman–Crippen MR) is 148 cm³/mol. The molecule has 1 atom stereocenters. The van der Waals surface area contributed by atoms with Gasteiger partial charge in [-0.05, 0) is 42.3 Å². The molecule has 1 saturated heterocycles. The fraction of sp³-hybridized carbons (Fsp3) is 0.194. The number of carbonyl (C=O) groups is 1. The Morgan fingerprint density at radius 3 is 2.53 bits per heavy atom. The monoisotopic (exact) mass is 585 g/mol. The SMILES string of the molecule is [C-]#[N+]c1ccc(COc2nc(-c3ccc(Cc4nc5ccc(C(=O)O)cc5n4C[C@@H]4CCO4)c(F)c3)ncc2F)c(F)c1. The number of halogens is 3. The van der Waals surface area contributed by atoms with Gasteiger partial charge in [0.15, 0.2) is 11.5 Å². The molecule has 5 aromatic rings. The molecule has 2 aromatic heterocycles. The van der Waals surface area contributed by atoms with E-state index in [1.807, 2.05) is 4.57 Å². The molecule has 0 spiro atoms. The van der Waals surface area contributed by atoms with Gasteiger partial charge in [-0.2, -0.15) is 9.37 Å². The van der Waals surface area contributed by atoms with Gasteiger partial charge in [-0.15, -0.1) is 0 Å². The summed E-state index contributed by atoms with van der Waals surface area (Å²) < 4.78 is 56.9. The van der Waals surface area contributed by atoms with E-state index in [0.29, 0.717) is 35.6 Å². The second-order valence-corrected chi connectivity index (χ2v) is 9.93. The number of nitrogens with zero attached hydrogens (tertiary/aromatic N) is 5. The lowest BCUT2D eigenvalue weighted by molar-refractivity contribution is -0.0589. The van der Waals surface area contributed by atoms with E-state index in [-0.39, 0.29) is 47.3 Å². The molecule has 6 rings (SSSR count). The summed E-state index contributed by atoms with van der Waals surface area (Å²) in [4.78, 5) is 27.4. The first-order valence-electron chi connectivity index (χ1n) is 13.2. The maximum atomic E-state index is 15.4. The van der Waals surface area contributed by atoms with Gasteiger partial charge >= 0.3 is 5.97 Å². The number of carboxylic acid groups (broad SMARTS) is 1. The minimum atomic E-state index is -1.06. The number of benzene rings is 3. The van der Waals surface area contributed by atoms with Crippen molar-refractivity contribution in [2.75, 3.05) is 6.61 Å². The molecule has 3 heterocycles. The molecule has 3 aromatic carbocycles. The molecule has 0 bridgehead atoms. The van der Waals surface area contributed by atoms with Gasteiger partial charge in [-0.25, -0.2) is 28.4 Å². The van der Waals surface area contributed by atoms with Crippen LogP contribution in [0, 0.1) is 24.0 Å². The van der Waals surface area contributed by atoms with Crippen molar-refractivity contribution in [2.45, 2.75) is 32.1 Å². The van der Waals surface area contributed by atoms with Crippen molar-refractivity contribution in [1.29, 1.82) is 0 Å². The predicted octanol–water partition coefficient (Wildman–Crippen LogP) is 6.12. The Kier molecular flexibility index (Phi) is 7.48. The summed E-state index contributed by atoms with van der Waals surface area (Å²) in [6.07, 6.45) is 1.82. The molecule has 0 aliphatic carbocycles. The topological polar surface area (TPSA) is 104 Å². The summed E-state index contributed by atoms with van der Waals surface area (Å²) in [5, 5.41) is 9.45. The van der Waals surface area contributed by atoms with E-state index in [1.165, 1.54) is 24.3 Å². The molecule has 0 unspecified atom stereocenters. The first-order chi connectivity index (χ1) is 20.8. The number of hydrogen-bond donors (Lipinski definition) is 1. The molecule has 1 aliphatic rings. The maximum Gasteiger partial charge on any atom is 0.335 e. The van der Waals surface area contributed by atoms with Crippen LogP contribution in [-0.2, 0) is 24.3 Å². The third-order valence-electron chi connectivity index (χ3n) is 7.16. The third kappa shape index (κ3) is 5.75. The van der Waals surface area contributed by atoms with Crippen molar-refractivity contribution in [3.05, 3.63) is 112 Å². The van der Waals surface area contributed by atoms with Crippen LogP contribution in [0.4, 0.5) is 18.9 Å². The summed E-state index contributed by atoms with van der Waals surface area (Å²) in [6.45, 7) is 7.72. The van der Waals surface area contributed by atoms with E-state index in [2.05, 4.69) is 19.8 Å².